The third-order valence-corrected chi connectivity index (χ3v) is 3.80. The minimum absolute atomic E-state index is 0.187. The van der Waals surface area contributed by atoms with Gasteiger partial charge in [-0.1, -0.05) is 36.4 Å². The Morgan fingerprint density at radius 2 is 1.62 bits per heavy atom. The van der Waals surface area contributed by atoms with Crippen molar-refractivity contribution in [3.05, 3.63) is 88.3 Å². The normalized spacial score (nSPS) is 11.5. The van der Waals surface area contributed by atoms with Gasteiger partial charge in [0, 0.05) is 23.5 Å². The number of halogens is 3. The van der Waals surface area contributed by atoms with Crippen molar-refractivity contribution in [1.29, 1.82) is 0 Å². The van der Waals surface area contributed by atoms with Gasteiger partial charge in [-0.15, -0.1) is 0 Å². The van der Waals surface area contributed by atoms with Crippen LogP contribution in [0.15, 0.2) is 71.7 Å². The molecule has 0 radical (unpaired) electrons. The molecule has 5 heteroatoms. The highest BCUT2D eigenvalue weighted by Crippen LogP contribution is 2.30. The smallest absolute Gasteiger partial charge is 0.284 e. The van der Waals surface area contributed by atoms with E-state index in [2.05, 4.69) is 0 Å². The van der Waals surface area contributed by atoms with E-state index in [1.54, 1.807) is 13.1 Å². The second kappa shape index (κ2) is 6.00. The third kappa shape index (κ3) is 3.11. The Morgan fingerprint density at radius 1 is 0.917 bits per heavy atom. The summed E-state index contributed by atoms with van der Waals surface area (Å²) in [5.41, 5.74) is 1.50. The van der Waals surface area contributed by atoms with Crippen LogP contribution in [0.3, 0.4) is 0 Å². The SMILES string of the molecule is Cc1cc(=O)n(-c2cccc(C(F)(F)F)c2)cc1-c1ccccc1. The summed E-state index contributed by atoms with van der Waals surface area (Å²) >= 11 is 0. The van der Waals surface area contributed by atoms with E-state index >= 15 is 0 Å². The first-order valence-electron chi connectivity index (χ1n) is 7.32. The maximum Gasteiger partial charge on any atom is 0.416 e. The first-order valence-corrected chi connectivity index (χ1v) is 7.32. The lowest BCUT2D eigenvalue weighted by Gasteiger charge is -2.13. The lowest BCUT2D eigenvalue weighted by Crippen LogP contribution is -2.18. The average molecular weight is 329 g/mol. The molecule has 3 aromatic rings. The van der Waals surface area contributed by atoms with Crippen LogP contribution in [0.1, 0.15) is 11.1 Å². The van der Waals surface area contributed by atoms with Crippen LogP contribution in [0.25, 0.3) is 16.8 Å². The lowest BCUT2D eigenvalue weighted by atomic mass is 10.0. The number of aryl methyl sites for hydroxylation is 1. The zero-order valence-corrected chi connectivity index (χ0v) is 12.8. The average Bonchev–Trinajstić information content (AvgIpc) is 2.55. The van der Waals surface area contributed by atoms with Crippen molar-refractivity contribution in [2.75, 3.05) is 0 Å². The predicted molar refractivity (Wildman–Crippen MR) is 87.2 cm³/mol. The first-order chi connectivity index (χ1) is 11.4. The van der Waals surface area contributed by atoms with Crippen LogP contribution in [-0.2, 0) is 6.18 Å². The highest BCUT2D eigenvalue weighted by Gasteiger charge is 2.30. The number of hydrogen-bond acceptors (Lipinski definition) is 1. The molecule has 0 saturated heterocycles. The Labute approximate surface area is 136 Å². The van der Waals surface area contributed by atoms with Crippen LogP contribution >= 0.6 is 0 Å². The minimum atomic E-state index is -4.45. The number of rotatable bonds is 2. The van der Waals surface area contributed by atoms with Gasteiger partial charge in [0.25, 0.3) is 5.56 Å². The summed E-state index contributed by atoms with van der Waals surface area (Å²) in [5, 5.41) is 0. The zero-order chi connectivity index (χ0) is 17.3. The van der Waals surface area contributed by atoms with Crippen LogP contribution in [-0.4, -0.2) is 4.57 Å². The standard InChI is InChI=1S/C19H14F3NO/c1-13-10-18(24)23(12-17(13)14-6-3-2-4-7-14)16-9-5-8-15(11-16)19(20,21)22/h2-12H,1H3. The molecular formula is C19H14F3NO. The summed E-state index contributed by atoms with van der Waals surface area (Å²) in [6, 6.07) is 15.6. The summed E-state index contributed by atoms with van der Waals surface area (Å²) in [6.45, 7) is 1.81. The van der Waals surface area contributed by atoms with Gasteiger partial charge in [-0.2, -0.15) is 13.2 Å². The molecule has 2 nitrogen and oxygen atoms in total. The third-order valence-electron chi connectivity index (χ3n) is 3.80. The van der Waals surface area contributed by atoms with Crippen molar-refractivity contribution in [2.24, 2.45) is 0 Å². The Morgan fingerprint density at radius 3 is 2.29 bits per heavy atom. The van der Waals surface area contributed by atoms with E-state index in [0.29, 0.717) is 0 Å². The molecular weight excluding hydrogens is 315 g/mol. The molecule has 0 bridgehead atoms. The van der Waals surface area contributed by atoms with E-state index < -0.39 is 11.7 Å². The molecule has 0 saturated carbocycles. The van der Waals surface area contributed by atoms with Gasteiger partial charge in [0.15, 0.2) is 0 Å². The maximum atomic E-state index is 12.9. The topological polar surface area (TPSA) is 22.0 Å². The van der Waals surface area contributed by atoms with Crippen LogP contribution in [0.5, 0.6) is 0 Å². The molecule has 0 unspecified atom stereocenters. The Bertz CT molecular complexity index is 927. The molecule has 0 spiro atoms. The highest BCUT2D eigenvalue weighted by atomic mass is 19.4. The largest absolute Gasteiger partial charge is 0.416 e. The minimum Gasteiger partial charge on any atom is -0.284 e. The van der Waals surface area contributed by atoms with Crippen molar-refractivity contribution in [1.82, 2.24) is 4.57 Å². The van der Waals surface area contributed by atoms with Crippen LogP contribution < -0.4 is 5.56 Å². The fraction of sp³-hybridized carbons (Fsp3) is 0.105. The second-order valence-electron chi connectivity index (χ2n) is 5.49. The van der Waals surface area contributed by atoms with E-state index in [0.717, 1.165) is 28.8 Å². The molecule has 0 atom stereocenters. The second-order valence-corrected chi connectivity index (χ2v) is 5.49. The van der Waals surface area contributed by atoms with E-state index in [1.165, 1.54) is 22.8 Å². The van der Waals surface area contributed by atoms with E-state index in [4.69, 9.17) is 0 Å². The van der Waals surface area contributed by atoms with Gasteiger partial charge in [-0.05, 0) is 36.2 Å². The van der Waals surface area contributed by atoms with Gasteiger partial charge in [0.1, 0.15) is 0 Å². The molecule has 0 N–H and O–H groups in total. The molecule has 24 heavy (non-hydrogen) atoms. The molecule has 3 rings (SSSR count). The van der Waals surface area contributed by atoms with Crippen LogP contribution in [0.4, 0.5) is 13.2 Å². The quantitative estimate of drug-likeness (QED) is 0.660. The summed E-state index contributed by atoms with van der Waals surface area (Å²) in [7, 11) is 0. The summed E-state index contributed by atoms with van der Waals surface area (Å²) in [4.78, 5) is 12.3. The van der Waals surface area contributed by atoms with E-state index in [9.17, 15) is 18.0 Å². The summed E-state index contributed by atoms with van der Waals surface area (Å²) in [6.07, 6.45) is -2.87. The van der Waals surface area contributed by atoms with Gasteiger partial charge >= 0.3 is 6.18 Å². The zero-order valence-electron chi connectivity index (χ0n) is 12.8. The highest BCUT2D eigenvalue weighted by molar-refractivity contribution is 5.66. The number of benzene rings is 2. The number of aromatic nitrogens is 1. The molecule has 0 fully saturated rings. The number of alkyl halides is 3. The van der Waals surface area contributed by atoms with Gasteiger partial charge in [-0.3, -0.25) is 9.36 Å². The fourth-order valence-corrected chi connectivity index (χ4v) is 2.58. The van der Waals surface area contributed by atoms with Crippen molar-refractivity contribution in [2.45, 2.75) is 13.1 Å². The molecule has 0 aliphatic heterocycles. The molecule has 2 aromatic carbocycles. The Hall–Kier alpha value is -2.82. The monoisotopic (exact) mass is 329 g/mol. The number of pyridine rings is 1. The molecule has 1 aromatic heterocycles. The molecule has 1 heterocycles. The van der Waals surface area contributed by atoms with Crippen molar-refractivity contribution >= 4 is 0 Å². The summed E-state index contributed by atoms with van der Waals surface area (Å²) in [5.74, 6) is 0. The Balaban J connectivity index is 2.18. The molecule has 122 valence electrons. The predicted octanol–water partition coefficient (Wildman–Crippen LogP) is 4.83. The van der Waals surface area contributed by atoms with Crippen LogP contribution in [0, 0.1) is 6.92 Å². The van der Waals surface area contributed by atoms with Crippen molar-refractivity contribution in [3.8, 4) is 16.8 Å². The lowest BCUT2D eigenvalue weighted by molar-refractivity contribution is -0.137. The van der Waals surface area contributed by atoms with Crippen molar-refractivity contribution < 1.29 is 13.2 Å². The first kappa shape index (κ1) is 16.1. The van der Waals surface area contributed by atoms with E-state index in [-0.39, 0.29) is 11.2 Å². The summed E-state index contributed by atoms with van der Waals surface area (Å²) < 4.78 is 40.0. The molecule has 0 aliphatic carbocycles. The molecule has 0 amide bonds. The molecule has 0 aliphatic rings. The van der Waals surface area contributed by atoms with Gasteiger partial charge in [0.2, 0.25) is 0 Å². The fourth-order valence-electron chi connectivity index (χ4n) is 2.58. The Kier molecular flexibility index (Phi) is 4.01. The van der Waals surface area contributed by atoms with Gasteiger partial charge in [0.05, 0.1) is 5.56 Å². The van der Waals surface area contributed by atoms with Crippen molar-refractivity contribution in [3.63, 3.8) is 0 Å². The number of nitrogens with zero attached hydrogens (tertiary/aromatic N) is 1. The van der Waals surface area contributed by atoms with Gasteiger partial charge in [-0.25, -0.2) is 0 Å². The number of hydrogen-bond donors (Lipinski definition) is 0. The van der Waals surface area contributed by atoms with E-state index in [1.807, 2.05) is 30.3 Å². The van der Waals surface area contributed by atoms with Crippen LogP contribution in [0.2, 0.25) is 0 Å². The van der Waals surface area contributed by atoms with Gasteiger partial charge < -0.3 is 0 Å². The maximum absolute atomic E-state index is 12.9.